The van der Waals surface area contributed by atoms with Gasteiger partial charge in [-0.3, -0.25) is 4.79 Å². The third kappa shape index (κ3) is 3.00. The summed E-state index contributed by atoms with van der Waals surface area (Å²) in [6.45, 7) is 0.370. The lowest BCUT2D eigenvalue weighted by molar-refractivity contribution is 0.0948. The standard InChI is InChI=1S/C16H14N4O2S/c21-15(12-7-17-9-19-14(12)10-3-4-10)18-6-11-8-23-16(20-11)13-2-1-5-22-13/h1-2,5,7-10H,3-4,6H2,(H,18,21). The number of rotatable bonds is 5. The molecule has 3 aromatic heterocycles. The molecule has 3 aromatic rings. The molecule has 23 heavy (non-hydrogen) atoms. The summed E-state index contributed by atoms with van der Waals surface area (Å²) in [5.74, 6) is 0.990. The second-order valence-corrected chi connectivity index (χ2v) is 6.26. The van der Waals surface area contributed by atoms with Crippen molar-refractivity contribution >= 4 is 17.2 Å². The number of nitrogens with one attached hydrogen (secondary N) is 1. The molecule has 1 saturated carbocycles. The first-order valence-electron chi connectivity index (χ1n) is 7.37. The van der Waals surface area contributed by atoms with Crippen LogP contribution in [0.1, 0.15) is 40.5 Å². The molecule has 0 unspecified atom stereocenters. The van der Waals surface area contributed by atoms with Crippen molar-refractivity contribution in [1.29, 1.82) is 0 Å². The molecule has 0 radical (unpaired) electrons. The molecule has 0 saturated heterocycles. The molecule has 1 N–H and O–H groups in total. The minimum Gasteiger partial charge on any atom is -0.462 e. The van der Waals surface area contributed by atoms with Crippen LogP contribution in [0.5, 0.6) is 0 Å². The molecular formula is C16H14N4O2S. The van der Waals surface area contributed by atoms with Crippen molar-refractivity contribution in [2.75, 3.05) is 0 Å². The zero-order chi connectivity index (χ0) is 15.6. The molecule has 3 heterocycles. The zero-order valence-electron chi connectivity index (χ0n) is 12.2. The topological polar surface area (TPSA) is 80.9 Å². The van der Waals surface area contributed by atoms with Gasteiger partial charge in [0.05, 0.1) is 29.8 Å². The number of hydrogen-bond acceptors (Lipinski definition) is 6. The van der Waals surface area contributed by atoms with E-state index in [1.165, 1.54) is 17.7 Å². The van der Waals surface area contributed by atoms with Crippen LogP contribution in [0, 0.1) is 0 Å². The third-order valence-electron chi connectivity index (χ3n) is 3.67. The van der Waals surface area contributed by atoms with Gasteiger partial charge in [-0.25, -0.2) is 15.0 Å². The van der Waals surface area contributed by atoms with Gasteiger partial charge in [0, 0.05) is 17.5 Å². The van der Waals surface area contributed by atoms with Gasteiger partial charge < -0.3 is 9.73 Å². The van der Waals surface area contributed by atoms with E-state index in [4.69, 9.17) is 4.42 Å². The average molecular weight is 326 g/mol. The fraction of sp³-hybridized carbons (Fsp3) is 0.250. The maximum atomic E-state index is 12.4. The number of carbonyl (C=O) groups excluding carboxylic acids is 1. The Labute approximate surface area is 136 Å². The summed E-state index contributed by atoms with van der Waals surface area (Å²) < 4.78 is 5.32. The van der Waals surface area contributed by atoms with Crippen LogP contribution in [0.4, 0.5) is 0 Å². The summed E-state index contributed by atoms with van der Waals surface area (Å²) in [6.07, 6.45) is 6.89. The van der Waals surface area contributed by atoms with Gasteiger partial charge in [0.25, 0.3) is 5.91 Å². The van der Waals surface area contributed by atoms with Crippen LogP contribution >= 0.6 is 11.3 Å². The predicted octanol–water partition coefficient (Wildman–Crippen LogP) is 3.00. The van der Waals surface area contributed by atoms with E-state index < -0.39 is 0 Å². The molecule has 0 atom stereocenters. The largest absolute Gasteiger partial charge is 0.462 e. The number of carbonyl (C=O) groups is 1. The van der Waals surface area contributed by atoms with Crippen molar-refractivity contribution in [2.24, 2.45) is 0 Å². The summed E-state index contributed by atoms with van der Waals surface area (Å²) in [5, 5.41) is 5.62. The second-order valence-electron chi connectivity index (χ2n) is 5.40. The Kier molecular flexibility index (Phi) is 3.63. The maximum Gasteiger partial charge on any atom is 0.255 e. The maximum absolute atomic E-state index is 12.4. The summed E-state index contributed by atoms with van der Waals surface area (Å²) in [6, 6.07) is 3.69. The van der Waals surface area contributed by atoms with Crippen LogP contribution in [0.2, 0.25) is 0 Å². The van der Waals surface area contributed by atoms with E-state index in [0.29, 0.717) is 18.0 Å². The minimum absolute atomic E-state index is 0.153. The SMILES string of the molecule is O=C(NCc1csc(-c2ccco2)n1)c1cncnc1C1CC1. The molecule has 0 bridgehead atoms. The number of hydrogen-bond donors (Lipinski definition) is 1. The highest BCUT2D eigenvalue weighted by atomic mass is 32.1. The molecule has 0 spiro atoms. The zero-order valence-corrected chi connectivity index (χ0v) is 13.0. The van der Waals surface area contributed by atoms with Crippen LogP contribution in [0.15, 0.2) is 40.7 Å². The summed E-state index contributed by atoms with van der Waals surface area (Å²) in [7, 11) is 0. The van der Waals surface area contributed by atoms with Gasteiger partial charge in [0.15, 0.2) is 10.8 Å². The molecule has 1 fully saturated rings. The molecule has 0 aliphatic heterocycles. The van der Waals surface area contributed by atoms with Crippen LogP contribution in [0.25, 0.3) is 10.8 Å². The molecule has 7 heteroatoms. The molecular weight excluding hydrogens is 312 g/mol. The lowest BCUT2D eigenvalue weighted by Crippen LogP contribution is -2.24. The number of thiazole rings is 1. The first-order valence-corrected chi connectivity index (χ1v) is 8.25. The smallest absolute Gasteiger partial charge is 0.255 e. The summed E-state index contributed by atoms with van der Waals surface area (Å²) in [4.78, 5) is 25.1. The van der Waals surface area contributed by atoms with E-state index in [0.717, 1.165) is 35.0 Å². The fourth-order valence-corrected chi connectivity index (χ4v) is 3.15. The number of nitrogens with zero attached hydrogens (tertiary/aromatic N) is 3. The number of aromatic nitrogens is 3. The van der Waals surface area contributed by atoms with Crippen molar-refractivity contribution in [2.45, 2.75) is 25.3 Å². The van der Waals surface area contributed by atoms with Gasteiger partial charge in [0.1, 0.15) is 6.33 Å². The van der Waals surface area contributed by atoms with E-state index >= 15 is 0 Å². The van der Waals surface area contributed by atoms with Gasteiger partial charge in [-0.15, -0.1) is 11.3 Å². The molecule has 0 aromatic carbocycles. The first-order chi connectivity index (χ1) is 11.3. The fourth-order valence-electron chi connectivity index (χ4n) is 2.36. The van der Waals surface area contributed by atoms with Crippen molar-refractivity contribution < 1.29 is 9.21 Å². The van der Waals surface area contributed by atoms with Crippen molar-refractivity contribution in [1.82, 2.24) is 20.3 Å². The van der Waals surface area contributed by atoms with Gasteiger partial charge in [0.2, 0.25) is 0 Å². The molecule has 4 rings (SSSR count). The lowest BCUT2D eigenvalue weighted by atomic mass is 10.1. The Bertz CT molecular complexity index is 824. The molecule has 116 valence electrons. The Morgan fingerprint density at radius 3 is 3.13 bits per heavy atom. The molecule has 1 aliphatic carbocycles. The normalized spacial score (nSPS) is 13.9. The monoisotopic (exact) mass is 326 g/mol. The third-order valence-corrected chi connectivity index (χ3v) is 4.57. The van der Waals surface area contributed by atoms with Gasteiger partial charge in [-0.2, -0.15) is 0 Å². The van der Waals surface area contributed by atoms with Crippen LogP contribution in [0.3, 0.4) is 0 Å². The van der Waals surface area contributed by atoms with Crippen molar-refractivity contribution in [3.8, 4) is 10.8 Å². The van der Waals surface area contributed by atoms with E-state index in [1.54, 1.807) is 12.5 Å². The van der Waals surface area contributed by atoms with E-state index in [-0.39, 0.29) is 5.91 Å². The first kappa shape index (κ1) is 14.1. The average Bonchev–Trinajstić information content (AvgIpc) is 3.09. The highest BCUT2D eigenvalue weighted by Crippen LogP contribution is 2.40. The van der Waals surface area contributed by atoms with E-state index in [1.807, 2.05) is 17.5 Å². The number of furan rings is 1. The number of amides is 1. The minimum atomic E-state index is -0.153. The van der Waals surface area contributed by atoms with Gasteiger partial charge in [-0.1, -0.05) is 0 Å². The Morgan fingerprint density at radius 2 is 2.35 bits per heavy atom. The van der Waals surface area contributed by atoms with Crippen molar-refractivity contribution in [3.63, 3.8) is 0 Å². The predicted molar refractivity (Wildman–Crippen MR) is 85.0 cm³/mol. The van der Waals surface area contributed by atoms with Crippen LogP contribution in [-0.4, -0.2) is 20.9 Å². The Morgan fingerprint density at radius 1 is 1.43 bits per heavy atom. The van der Waals surface area contributed by atoms with E-state index in [2.05, 4.69) is 20.3 Å². The Hall–Kier alpha value is -2.54. The highest BCUT2D eigenvalue weighted by Gasteiger charge is 2.29. The Balaban J connectivity index is 1.44. The van der Waals surface area contributed by atoms with Crippen LogP contribution < -0.4 is 5.32 Å². The van der Waals surface area contributed by atoms with Gasteiger partial charge >= 0.3 is 0 Å². The summed E-state index contributed by atoms with van der Waals surface area (Å²) >= 11 is 1.49. The van der Waals surface area contributed by atoms with Crippen molar-refractivity contribution in [3.05, 3.63) is 53.3 Å². The van der Waals surface area contributed by atoms with E-state index in [9.17, 15) is 4.79 Å². The summed E-state index contributed by atoms with van der Waals surface area (Å²) in [5.41, 5.74) is 2.23. The second kappa shape index (κ2) is 5.92. The van der Waals surface area contributed by atoms with Gasteiger partial charge in [-0.05, 0) is 25.0 Å². The molecule has 1 aliphatic rings. The molecule has 1 amide bonds. The quantitative estimate of drug-likeness (QED) is 0.779. The van der Waals surface area contributed by atoms with Crippen LogP contribution in [-0.2, 0) is 6.54 Å². The molecule has 6 nitrogen and oxygen atoms in total. The lowest BCUT2D eigenvalue weighted by Gasteiger charge is -2.07. The highest BCUT2D eigenvalue weighted by molar-refractivity contribution is 7.13.